The van der Waals surface area contributed by atoms with Crippen LogP contribution in [0.1, 0.15) is 9.67 Å². The van der Waals surface area contributed by atoms with Gasteiger partial charge in [-0.1, -0.05) is 23.5 Å². The molecule has 1 aliphatic heterocycles. The van der Waals surface area contributed by atoms with E-state index in [9.17, 15) is 4.79 Å². The number of carbonyl (C=O) groups excluding carboxylic acids is 1. The Morgan fingerprint density at radius 3 is 2.91 bits per heavy atom. The van der Waals surface area contributed by atoms with Gasteiger partial charge in [0, 0.05) is 0 Å². The van der Waals surface area contributed by atoms with Gasteiger partial charge in [0.2, 0.25) is 0 Å². The number of aromatic nitrogens is 1. The Kier molecular flexibility index (Phi) is 3.66. The van der Waals surface area contributed by atoms with E-state index in [1.54, 1.807) is 12.0 Å². The quantitative estimate of drug-likeness (QED) is 0.727. The van der Waals surface area contributed by atoms with Gasteiger partial charge < -0.3 is 14.4 Å². The van der Waals surface area contributed by atoms with Crippen LogP contribution in [0.3, 0.4) is 0 Å². The third kappa shape index (κ3) is 2.66. The van der Waals surface area contributed by atoms with Crippen LogP contribution in [0.15, 0.2) is 35.7 Å². The second-order valence-corrected chi connectivity index (χ2v) is 7.15. The van der Waals surface area contributed by atoms with Gasteiger partial charge in [-0.05, 0) is 23.6 Å². The lowest BCUT2D eigenvalue weighted by Gasteiger charge is -2.37. The second kappa shape index (κ2) is 5.82. The summed E-state index contributed by atoms with van der Waals surface area (Å²) in [6, 6.07) is 9.56. The van der Waals surface area contributed by atoms with Crippen LogP contribution in [0.5, 0.6) is 10.9 Å². The molecule has 23 heavy (non-hydrogen) atoms. The first-order valence-electron chi connectivity index (χ1n) is 7.17. The van der Waals surface area contributed by atoms with Crippen LogP contribution < -0.4 is 9.47 Å². The summed E-state index contributed by atoms with van der Waals surface area (Å²) in [4.78, 5) is 19.2. The van der Waals surface area contributed by atoms with E-state index in [1.165, 1.54) is 22.7 Å². The highest BCUT2D eigenvalue weighted by Crippen LogP contribution is 2.34. The Morgan fingerprint density at radius 2 is 2.17 bits per heavy atom. The molecule has 2 aromatic heterocycles. The molecule has 0 radical (unpaired) electrons. The predicted octanol–water partition coefficient (Wildman–Crippen LogP) is 3.27. The smallest absolute Gasteiger partial charge is 0.274 e. The van der Waals surface area contributed by atoms with Crippen LogP contribution in [-0.4, -0.2) is 42.1 Å². The van der Waals surface area contributed by atoms with Crippen LogP contribution in [0.25, 0.3) is 10.2 Å². The van der Waals surface area contributed by atoms with Gasteiger partial charge >= 0.3 is 0 Å². The zero-order valence-electron chi connectivity index (χ0n) is 12.4. The molecule has 4 rings (SSSR count). The number of hydrogen-bond donors (Lipinski definition) is 0. The number of nitrogens with zero attached hydrogens (tertiary/aromatic N) is 2. The SMILES string of the molecule is COc1cccc2sc(OC3CN(C(=O)c4cccs4)C3)nc12. The van der Waals surface area contributed by atoms with Gasteiger partial charge in [-0.25, -0.2) is 0 Å². The average Bonchev–Trinajstić information content (AvgIpc) is 3.18. The highest BCUT2D eigenvalue weighted by molar-refractivity contribution is 7.20. The number of hydrogen-bond acceptors (Lipinski definition) is 6. The Balaban J connectivity index is 1.42. The predicted molar refractivity (Wildman–Crippen MR) is 90.8 cm³/mol. The Hall–Kier alpha value is -2.12. The lowest BCUT2D eigenvalue weighted by atomic mass is 10.1. The fourth-order valence-electron chi connectivity index (χ4n) is 2.50. The molecule has 0 spiro atoms. The molecule has 1 amide bonds. The molecule has 0 N–H and O–H groups in total. The monoisotopic (exact) mass is 346 g/mol. The summed E-state index contributed by atoms with van der Waals surface area (Å²) in [5, 5.41) is 2.54. The number of likely N-dealkylation sites (tertiary alicyclic amines) is 1. The molecule has 0 atom stereocenters. The van der Waals surface area contributed by atoms with Crippen molar-refractivity contribution >= 4 is 38.8 Å². The first kappa shape index (κ1) is 14.5. The largest absolute Gasteiger partial charge is 0.494 e. The third-order valence-corrected chi connectivity index (χ3v) is 5.49. The van der Waals surface area contributed by atoms with E-state index >= 15 is 0 Å². The standard InChI is InChI=1S/C16H14N2O3S2/c1-20-11-4-2-5-12-14(11)17-16(23-12)21-10-8-18(9-10)15(19)13-6-3-7-22-13/h2-7,10H,8-9H2,1H3. The third-order valence-electron chi connectivity index (χ3n) is 3.72. The maximum absolute atomic E-state index is 12.2. The van der Waals surface area contributed by atoms with E-state index in [0.717, 1.165) is 20.8 Å². The molecule has 0 aliphatic carbocycles. The minimum Gasteiger partial charge on any atom is -0.494 e. The first-order chi connectivity index (χ1) is 11.2. The molecule has 0 bridgehead atoms. The van der Waals surface area contributed by atoms with Crippen molar-refractivity contribution < 1.29 is 14.3 Å². The summed E-state index contributed by atoms with van der Waals surface area (Å²) in [5.41, 5.74) is 0.820. The molecular formula is C16H14N2O3S2. The number of thiazole rings is 1. The van der Waals surface area contributed by atoms with E-state index in [4.69, 9.17) is 9.47 Å². The zero-order chi connectivity index (χ0) is 15.8. The normalized spacial score (nSPS) is 14.7. The van der Waals surface area contributed by atoms with Crippen molar-refractivity contribution in [1.29, 1.82) is 0 Å². The number of thiophene rings is 1. The number of amides is 1. The van der Waals surface area contributed by atoms with Gasteiger partial charge in [-0.2, -0.15) is 4.98 Å². The van der Waals surface area contributed by atoms with Crippen molar-refractivity contribution in [3.63, 3.8) is 0 Å². The summed E-state index contributed by atoms with van der Waals surface area (Å²) in [5.74, 6) is 0.822. The average molecular weight is 346 g/mol. The lowest BCUT2D eigenvalue weighted by Crippen LogP contribution is -2.56. The van der Waals surface area contributed by atoms with Crippen LogP contribution in [0, 0.1) is 0 Å². The highest BCUT2D eigenvalue weighted by Gasteiger charge is 2.33. The van der Waals surface area contributed by atoms with Crippen molar-refractivity contribution in [2.24, 2.45) is 0 Å². The number of benzene rings is 1. The van der Waals surface area contributed by atoms with Crippen molar-refractivity contribution in [2.75, 3.05) is 20.2 Å². The molecule has 0 unspecified atom stereocenters. The number of ether oxygens (including phenoxy) is 2. The molecule has 5 nitrogen and oxygen atoms in total. The Bertz CT molecular complexity index is 838. The van der Waals surface area contributed by atoms with E-state index < -0.39 is 0 Å². The van der Waals surface area contributed by atoms with Crippen LogP contribution in [0.2, 0.25) is 0 Å². The second-order valence-electron chi connectivity index (χ2n) is 5.21. The molecular weight excluding hydrogens is 332 g/mol. The molecule has 0 saturated carbocycles. The Morgan fingerprint density at radius 1 is 1.30 bits per heavy atom. The van der Waals surface area contributed by atoms with E-state index in [0.29, 0.717) is 18.3 Å². The summed E-state index contributed by atoms with van der Waals surface area (Å²) >= 11 is 2.96. The van der Waals surface area contributed by atoms with Gasteiger partial charge in [0.1, 0.15) is 17.4 Å². The number of para-hydroxylation sites is 1. The maximum Gasteiger partial charge on any atom is 0.274 e. The highest BCUT2D eigenvalue weighted by atomic mass is 32.1. The minimum absolute atomic E-state index is 0.00506. The fraction of sp³-hybridized carbons (Fsp3) is 0.250. The van der Waals surface area contributed by atoms with Crippen molar-refractivity contribution in [3.05, 3.63) is 40.6 Å². The van der Waals surface area contributed by atoms with Gasteiger partial charge in [0.05, 0.1) is 29.8 Å². The van der Waals surface area contributed by atoms with Gasteiger partial charge in [-0.15, -0.1) is 11.3 Å². The first-order valence-corrected chi connectivity index (χ1v) is 8.87. The van der Waals surface area contributed by atoms with Gasteiger partial charge in [0.25, 0.3) is 11.1 Å². The lowest BCUT2D eigenvalue weighted by molar-refractivity contribution is 0.0181. The van der Waals surface area contributed by atoms with E-state index in [1.807, 2.05) is 35.7 Å². The van der Waals surface area contributed by atoms with Crippen molar-refractivity contribution in [2.45, 2.75) is 6.10 Å². The van der Waals surface area contributed by atoms with Gasteiger partial charge in [0.15, 0.2) is 0 Å². The zero-order valence-corrected chi connectivity index (χ0v) is 14.0. The summed E-state index contributed by atoms with van der Waals surface area (Å²) < 4.78 is 12.2. The summed E-state index contributed by atoms with van der Waals surface area (Å²) in [6.45, 7) is 1.20. The number of methoxy groups -OCH3 is 1. The van der Waals surface area contributed by atoms with Crippen molar-refractivity contribution in [1.82, 2.24) is 9.88 Å². The molecule has 118 valence electrons. The molecule has 3 heterocycles. The van der Waals surface area contributed by atoms with Crippen LogP contribution in [-0.2, 0) is 0 Å². The fourth-order valence-corrected chi connectivity index (χ4v) is 4.08. The minimum atomic E-state index is 0.00506. The van der Waals surface area contributed by atoms with Crippen LogP contribution in [0.4, 0.5) is 0 Å². The molecule has 7 heteroatoms. The number of rotatable bonds is 4. The van der Waals surface area contributed by atoms with Crippen LogP contribution >= 0.6 is 22.7 Å². The Labute approximate surface area is 141 Å². The molecule has 1 saturated heterocycles. The number of fused-ring (bicyclic) bond motifs is 1. The molecule has 1 aromatic carbocycles. The van der Waals surface area contributed by atoms with E-state index in [-0.39, 0.29) is 12.0 Å². The molecule has 1 fully saturated rings. The number of carbonyl (C=O) groups is 1. The molecule has 3 aromatic rings. The van der Waals surface area contributed by atoms with E-state index in [2.05, 4.69) is 4.98 Å². The summed E-state index contributed by atoms with van der Waals surface area (Å²) in [7, 11) is 1.63. The van der Waals surface area contributed by atoms with Gasteiger partial charge in [-0.3, -0.25) is 4.79 Å². The topological polar surface area (TPSA) is 51.7 Å². The van der Waals surface area contributed by atoms with Crippen molar-refractivity contribution in [3.8, 4) is 10.9 Å². The maximum atomic E-state index is 12.2. The summed E-state index contributed by atoms with van der Waals surface area (Å²) in [6.07, 6.45) is 0.00506. The molecule has 1 aliphatic rings.